The highest BCUT2D eigenvalue weighted by Crippen LogP contribution is 2.23. The lowest BCUT2D eigenvalue weighted by Crippen LogP contribution is -2.13. The van der Waals surface area contributed by atoms with Gasteiger partial charge in [0.05, 0.1) is 17.7 Å². The van der Waals surface area contributed by atoms with Crippen LogP contribution in [0.5, 0.6) is 5.75 Å². The van der Waals surface area contributed by atoms with Crippen LogP contribution in [0.25, 0.3) is 0 Å². The first-order valence-electron chi connectivity index (χ1n) is 8.95. The zero-order chi connectivity index (χ0) is 21.6. The van der Waals surface area contributed by atoms with Crippen molar-refractivity contribution in [1.82, 2.24) is 4.98 Å². The number of nitrogens with zero attached hydrogens (tertiary/aromatic N) is 1. The molecule has 0 fully saturated rings. The molecule has 10 heteroatoms. The van der Waals surface area contributed by atoms with Crippen molar-refractivity contribution in [3.8, 4) is 5.75 Å². The number of thioether (sulfide) groups is 1. The van der Waals surface area contributed by atoms with Gasteiger partial charge in [-0.3, -0.25) is 9.52 Å². The molecule has 0 aliphatic heterocycles. The van der Waals surface area contributed by atoms with Crippen LogP contribution in [0.15, 0.2) is 63.7 Å². The minimum absolute atomic E-state index is 0.118. The first-order chi connectivity index (χ1) is 14.4. The van der Waals surface area contributed by atoms with E-state index in [-0.39, 0.29) is 22.4 Å². The van der Waals surface area contributed by atoms with E-state index in [4.69, 9.17) is 4.74 Å². The summed E-state index contributed by atoms with van der Waals surface area (Å²) in [5.74, 6) is 0.450. The van der Waals surface area contributed by atoms with E-state index in [0.717, 1.165) is 10.6 Å². The maximum Gasteiger partial charge on any atom is 0.263 e. The zero-order valence-electron chi connectivity index (χ0n) is 16.4. The fourth-order valence-electron chi connectivity index (χ4n) is 2.56. The van der Waals surface area contributed by atoms with Crippen molar-refractivity contribution in [3.05, 3.63) is 59.6 Å². The molecule has 30 heavy (non-hydrogen) atoms. The van der Waals surface area contributed by atoms with Crippen molar-refractivity contribution in [2.24, 2.45) is 0 Å². The Kier molecular flexibility index (Phi) is 7.35. The maximum atomic E-state index is 12.5. The number of ether oxygens (including phenoxy) is 1. The molecule has 0 spiro atoms. The van der Waals surface area contributed by atoms with Crippen LogP contribution in [-0.2, 0) is 21.2 Å². The molecule has 3 rings (SSSR count). The third kappa shape index (κ3) is 5.97. The highest BCUT2D eigenvalue weighted by Gasteiger charge is 2.16. The number of carbonyl (C=O) groups excluding carboxylic acids is 1. The maximum absolute atomic E-state index is 12.5. The predicted molar refractivity (Wildman–Crippen MR) is 121 cm³/mol. The standard InChI is InChI=1S/C20H21N3O4S3/c1-27-16-7-9-18(10-8-16)30(25,26)23-20-22-15(13-29-20)6-11-19(24)21-14-4-3-5-17(12-14)28-2/h3-5,7-10,12-13H,6,11H2,1-2H3,(H,21,24)(H,22,23). The highest BCUT2D eigenvalue weighted by atomic mass is 32.2. The lowest BCUT2D eigenvalue weighted by molar-refractivity contribution is -0.116. The minimum atomic E-state index is -3.74. The Hall–Kier alpha value is -2.56. The van der Waals surface area contributed by atoms with E-state index in [1.54, 1.807) is 29.3 Å². The molecular formula is C20H21N3O4S3. The second-order valence-electron chi connectivity index (χ2n) is 6.21. The average Bonchev–Trinajstić information content (AvgIpc) is 3.19. The normalized spacial score (nSPS) is 11.1. The summed E-state index contributed by atoms with van der Waals surface area (Å²) in [7, 11) is -2.23. The van der Waals surface area contributed by atoms with Crippen molar-refractivity contribution >= 4 is 49.8 Å². The Morgan fingerprint density at radius 3 is 2.67 bits per heavy atom. The Balaban J connectivity index is 1.55. The van der Waals surface area contributed by atoms with E-state index >= 15 is 0 Å². The number of amides is 1. The molecule has 0 saturated carbocycles. The summed E-state index contributed by atoms with van der Waals surface area (Å²) in [6.45, 7) is 0. The van der Waals surface area contributed by atoms with E-state index in [2.05, 4.69) is 15.0 Å². The average molecular weight is 464 g/mol. The number of rotatable bonds is 9. The fourth-order valence-corrected chi connectivity index (χ4v) is 5.02. The number of carbonyl (C=O) groups is 1. The number of hydrogen-bond donors (Lipinski definition) is 2. The molecule has 158 valence electrons. The summed E-state index contributed by atoms with van der Waals surface area (Å²) in [6, 6.07) is 13.7. The summed E-state index contributed by atoms with van der Waals surface area (Å²) < 4.78 is 32.5. The van der Waals surface area contributed by atoms with Gasteiger partial charge < -0.3 is 10.1 Å². The number of thiazole rings is 1. The first-order valence-corrected chi connectivity index (χ1v) is 12.5. The van der Waals surface area contributed by atoms with Gasteiger partial charge in [-0.05, 0) is 55.1 Å². The summed E-state index contributed by atoms with van der Waals surface area (Å²) >= 11 is 2.78. The Bertz CT molecular complexity index is 1110. The monoisotopic (exact) mass is 463 g/mol. The van der Waals surface area contributed by atoms with Gasteiger partial charge in [0.1, 0.15) is 5.75 Å². The molecular weight excluding hydrogens is 442 g/mol. The summed E-state index contributed by atoms with van der Waals surface area (Å²) in [5.41, 5.74) is 1.40. The topological polar surface area (TPSA) is 97.4 Å². The second kappa shape index (κ2) is 9.96. The van der Waals surface area contributed by atoms with Crippen molar-refractivity contribution in [2.75, 3.05) is 23.4 Å². The van der Waals surface area contributed by atoms with Gasteiger partial charge in [0.2, 0.25) is 5.91 Å². The molecule has 2 N–H and O–H groups in total. The van der Waals surface area contributed by atoms with Gasteiger partial charge in [0, 0.05) is 22.4 Å². The van der Waals surface area contributed by atoms with Crippen molar-refractivity contribution < 1.29 is 17.9 Å². The summed E-state index contributed by atoms with van der Waals surface area (Å²) in [5, 5.41) is 4.87. The van der Waals surface area contributed by atoms with Crippen LogP contribution < -0.4 is 14.8 Å². The van der Waals surface area contributed by atoms with Crippen LogP contribution in [0.3, 0.4) is 0 Å². The fraction of sp³-hybridized carbons (Fsp3) is 0.200. The minimum Gasteiger partial charge on any atom is -0.497 e. The largest absolute Gasteiger partial charge is 0.497 e. The summed E-state index contributed by atoms with van der Waals surface area (Å²) in [6.07, 6.45) is 2.64. The van der Waals surface area contributed by atoms with Crippen LogP contribution in [-0.4, -0.2) is 32.7 Å². The summed E-state index contributed by atoms with van der Waals surface area (Å²) in [4.78, 5) is 17.7. The number of hydrogen-bond acceptors (Lipinski definition) is 7. The number of methoxy groups -OCH3 is 1. The number of aromatic nitrogens is 1. The van der Waals surface area contributed by atoms with Gasteiger partial charge in [0.15, 0.2) is 5.13 Å². The number of benzene rings is 2. The zero-order valence-corrected chi connectivity index (χ0v) is 18.9. The Morgan fingerprint density at radius 2 is 1.97 bits per heavy atom. The van der Waals surface area contributed by atoms with E-state index < -0.39 is 10.0 Å². The SMILES string of the molecule is COc1ccc(S(=O)(=O)Nc2nc(CCC(=O)Nc3cccc(SC)c3)cs2)cc1. The molecule has 0 atom stereocenters. The van der Waals surface area contributed by atoms with E-state index in [0.29, 0.717) is 17.9 Å². The molecule has 0 aliphatic carbocycles. The molecule has 1 aromatic heterocycles. The van der Waals surface area contributed by atoms with Crippen molar-refractivity contribution in [1.29, 1.82) is 0 Å². The molecule has 0 bridgehead atoms. The van der Waals surface area contributed by atoms with Gasteiger partial charge in [-0.2, -0.15) is 0 Å². The third-order valence-electron chi connectivity index (χ3n) is 4.10. The molecule has 0 saturated heterocycles. The molecule has 2 aromatic carbocycles. The third-order valence-corrected chi connectivity index (χ3v) is 7.12. The highest BCUT2D eigenvalue weighted by molar-refractivity contribution is 7.98. The van der Waals surface area contributed by atoms with Gasteiger partial charge >= 0.3 is 0 Å². The van der Waals surface area contributed by atoms with Crippen LogP contribution >= 0.6 is 23.1 Å². The first kappa shape index (κ1) is 22.1. The Morgan fingerprint density at radius 1 is 1.20 bits per heavy atom. The van der Waals surface area contributed by atoms with Crippen molar-refractivity contribution in [2.45, 2.75) is 22.6 Å². The van der Waals surface area contributed by atoms with E-state index in [1.807, 2.05) is 30.5 Å². The lowest BCUT2D eigenvalue weighted by Gasteiger charge is -2.06. The molecule has 0 radical (unpaired) electrons. The van der Waals surface area contributed by atoms with E-state index in [9.17, 15) is 13.2 Å². The van der Waals surface area contributed by atoms with E-state index in [1.165, 1.54) is 30.6 Å². The van der Waals surface area contributed by atoms with Crippen molar-refractivity contribution in [3.63, 3.8) is 0 Å². The van der Waals surface area contributed by atoms with Gasteiger partial charge in [0.25, 0.3) is 10.0 Å². The number of aryl methyl sites for hydroxylation is 1. The molecule has 1 amide bonds. The quantitative estimate of drug-likeness (QED) is 0.461. The van der Waals surface area contributed by atoms with Crippen LogP contribution in [0.2, 0.25) is 0 Å². The molecule has 7 nitrogen and oxygen atoms in total. The Labute approximate surface area is 183 Å². The lowest BCUT2D eigenvalue weighted by atomic mass is 10.2. The van der Waals surface area contributed by atoms with Gasteiger partial charge in [-0.25, -0.2) is 13.4 Å². The van der Waals surface area contributed by atoms with Gasteiger partial charge in [-0.1, -0.05) is 6.07 Å². The molecule has 3 aromatic rings. The molecule has 0 aliphatic rings. The predicted octanol–water partition coefficient (Wildman–Crippen LogP) is 4.25. The number of nitrogens with one attached hydrogen (secondary N) is 2. The smallest absolute Gasteiger partial charge is 0.263 e. The van der Waals surface area contributed by atoms with Crippen LogP contribution in [0.1, 0.15) is 12.1 Å². The second-order valence-corrected chi connectivity index (χ2v) is 9.63. The molecule has 1 heterocycles. The van der Waals surface area contributed by atoms with Gasteiger partial charge in [-0.15, -0.1) is 23.1 Å². The van der Waals surface area contributed by atoms with Crippen LogP contribution in [0.4, 0.5) is 10.8 Å². The number of sulfonamides is 1. The molecule has 0 unspecified atom stereocenters. The van der Waals surface area contributed by atoms with Crippen LogP contribution in [0, 0.1) is 0 Å². The number of anilines is 2.